The zero-order valence-corrected chi connectivity index (χ0v) is 11.4. The lowest BCUT2D eigenvalue weighted by atomic mass is 9.89. The van der Waals surface area contributed by atoms with Gasteiger partial charge in [-0.3, -0.25) is 0 Å². The van der Waals surface area contributed by atoms with Gasteiger partial charge >= 0.3 is 0 Å². The predicted octanol–water partition coefficient (Wildman–Crippen LogP) is 4.21. The number of aliphatic hydroxyl groups is 1. The summed E-state index contributed by atoms with van der Waals surface area (Å²) in [4.78, 5) is 0. The third kappa shape index (κ3) is 3.58. The number of aliphatic hydroxyl groups excluding tert-OH is 1. The minimum atomic E-state index is 0.177. The maximum absolute atomic E-state index is 9.42. The molecule has 0 bridgehead atoms. The summed E-state index contributed by atoms with van der Waals surface area (Å²) in [6.07, 6.45) is 0. The van der Waals surface area contributed by atoms with E-state index in [-0.39, 0.29) is 12.5 Å². The standard InChI is InChI=1S/C17H20O2/c1-13(2)17(12-18)14-8-10-16(11-9-14)19-15-6-4-3-5-7-15/h3-11,13,17-18H,12H2,1-2H3. The fraction of sp³-hybridized carbons (Fsp3) is 0.294. The van der Waals surface area contributed by atoms with Crippen LogP contribution in [0.2, 0.25) is 0 Å². The van der Waals surface area contributed by atoms with Gasteiger partial charge in [0.2, 0.25) is 0 Å². The molecule has 1 unspecified atom stereocenters. The molecular weight excluding hydrogens is 236 g/mol. The van der Waals surface area contributed by atoms with Crippen LogP contribution >= 0.6 is 0 Å². The molecule has 1 atom stereocenters. The highest BCUT2D eigenvalue weighted by Crippen LogP contribution is 2.27. The molecule has 0 aliphatic heterocycles. The zero-order chi connectivity index (χ0) is 13.7. The van der Waals surface area contributed by atoms with Crippen LogP contribution in [0.25, 0.3) is 0 Å². The molecule has 0 aliphatic rings. The number of ether oxygens (including phenoxy) is 1. The SMILES string of the molecule is CC(C)C(CO)c1ccc(Oc2ccccc2)cc1. The molecule has 0 saturated carbocycles. The fourth-order valence-electron chi connectivity index (χ4n) is 2.11. The predicted molar refractivity (Wildman–Crippen MR) is 77.6 cm³/mol. The normalized spacial score (nSPS) is 12.4. The van der Waals surface area contributed by atoms with Crippen molar-refractivity contribution in [2.24, 2.45) is 5.92 Å². The fourth-order valence-corrected chi connectivity index (χ4v) is 2.11. The van der Waals surface area contributed by atoms with Gasteiger partial charge in [0.15, 0.2) is 0 Å². The Morgan fingerprint density at radius 3 is 2.00 bits per heavy atom. The maximum atomic E-state index is 9.42. The van der Waals surface area contributed by atoms with Gasteiger partial charge in [0.25, 0.3) is 0 Å². The van der Waals surface area contributed by atoms with Crippen molar-refractivity contribution < 1.29 is 9.84 Å². The molecule has 2 aromatic carbocycles. The zero-order valence-electron chi connectivity index (χ0n) is 11.4. The molecule has 0 amide bonds. The van der Waals surface area contributed by atoms with Crippen LogP contribution < -0.4 is 4.74 Å². The van der Waals surface area contributed by atoms with E-state index in [2.05, 4.69) is 13.8 Å². The van der Waals surface area contributed by atoms with Crippen molar-refractivity contribution >= 4 is 0 Å². The highest BCUT2D eigenvalue weighted by Gasteiger charge is 2.14. The van der Waals surface area contributed by atoms with Gasteiger partial charge in [0.05, 0.1) is 6.61 Å². The Morgan fingerprint density at radius 1 is 0.895 bits per heavy atom. The van der Waals surface area contributed by atoms with E-state index in [1.54, 1.807) is 0 Å². The van der Waals surface area contributed by atoms with E-state index in [0.717, 1.165) is 17.1 Å². The topological polar surface area (TPSA) is 29.5 Å². The Bertz CT molecular complexity index is 488. The Balaban J connectivity index is 2.10. The molecule has 0 heterocycles. The van der Waals surface area contributed by atoms with Gasteiger partial charge in [-0.05, 0) is 35.7 Å². The van der Waals surface area contributed by atoms with Crippen LogP contribution in [0.1, 0.15) is 25.3 Å². The molecule has 0 aliphatic carbocycles. The lowest BCUT2D eigenvalue weighted by Gasteiger charge is -2.18. The summed E-state index contributed by atoms with van der Waals surface area (Å²) in [5, 5.41) is 9.42. The Kier molecular flexibility index (Phi) is 4.58. The molecule has 2 nitrogen and oxygen atoms in total. The summed E-state index contributed by atoms with van der Waals surface area (Å²) in [6.45, 7) is 4.42. The number of para-hydroxylation sites is 1. The molecule has 100 valence electrons. The first-order valence-corrected chi connectivity index (χ1v) is 6.64. The van der Waals surface area contributed by atoms with E-state index >= 15 is 0 Å². The maximum Gasteiger partial charge on any atom is 0.127 e. The highest BCUT2D eigenvalue weighted by atomic mass is 16.5. The summed E-state index contributed by atoms with van der Waals surface area (Å²) in [5.74, 6) is 2.25. The molecule has 1 N–H and O–H groups in total. The van der Waals surface area contributed by atoms with Crippen LogP contribution in [0.3, 0.4) is 0 Å². The quantitative estimate of drug-likeness (QED) is 0.868. The summed E-state index contributed by atoms with van der Waals surface area (Å²) in [6, 6.07) is 17.7. The van der Waals surface area contributed by atoms with Gasteiger partial charge in [0, 0.05) is 5.92 Å². The smallest absolute Gasteiger partial charge is 0.127 e. The first-order valence-electron chi connectivity index (χ1n) is 6.64. The van der Waals surface area contributed by atoms with Crippen molar-refractivity contribution in [3.63, 3.8) is 0 Å². The Hall–Kier alpha value is -1.80. The van der Waals surface area contributed by atoms with Crippen LogP contribution in [-0.4, -0.2) is 11.7 Å². The molecule has 2 aromatic rings. The molecule has 2 rings (SSSR count). The molecule has 19 heavy (non-hydrogen) atoms. The van der Waals surface area contributed by atoms with E-state index < -0.39 is 0 Å². The lowest BCUT2D eigenvalue weighted by molar-refractivity contribution is 0.237. The summed E-state index contributed by atoms with van der Waals surface area (Å²) in [5.41, 5.74) is 1.15. The summed E-state index contributed by atoms with van der Waals surface area (Å²) < 4.78 is 5.74. The van der Waals surface area contributed by atoms with Crippen LogP contribution in [0.15, 0.2) is 54.6 Å². The largest absolute Gasteiger partial charge is 0.457 e. The van der Waals surface area contributed by atoms with Crippen molar-refractivity contribution in [3.8, 4) is 11.5 Å². The number of rotatable bonds is 5. The molecule has 0 fully saturated rings. The molecule has 2 heteroatoms. The van der Waals surface area contributed by atoms with Crippen LogP contribution in [0.5, 0.6) is 11.5 Å². The minimum Gasteiger partial charge on any atom is -0.457 e. The van der Waals surface area contributed by atoms with Crippen molar-refractivity contribution in [3.05, 3.63) is 60.2 Å². The number of benzene rings is 2. The monoisotopic (exact) mass is 256 g/mol. The lowest BCUT2D eigenvalue weighted by Crippen LogP contribution is -2.10. The Morgan fingerprint density at radius 2 is 1.47 bits per heavy atom. The van der Waals surface area contributed by atoms with E-state index in [1.807, 2.05) is 54.6 Å². The first kappa shape index (κ1) is 13.6. The van der Waals surface area contributed by atoms with Gasteiger partial charge in [-0.2, -0.15) is 0 Å². The number of hydrogen-bond acceptors (Lipinski definition) is 2. The molecule has 0 radical (unpaired) electrons. The second kappa shape index (κ2) is 6.39. The average molecular weight is 256 g/mol. The van der Waals surface area contributed by atoms with E-state index in [0.29, 0.717) is 5.92 Å². The van der Waals surface area contributed by atoms with Gasteiger partial charge in [-0.15, -0.1) is 0 Å². The molecule has 0 spiro atoms. The summed E-state index contributed by atoms with van der Waals surface area (Å²) >= 11 is 0. The van der Waals surface area contributed by atoms with Crippen molar-refractivity contribution in [1.29, 1.82) is 0 Å². The minimum absolute atomic E-state index is 0.177. The van der Waals surface area contributed by atoms with Crippen molar-refractivity contribution in [1.82, 2.24) is 0 Å². The van der Waals surface area contributed by atoms with Crippen molar-refractivity contribution in [2.75, 3.05) is 6.61 Å². The third-order valence-corrected chi connectivity index (χ3v) is 3.29. The van der Waals surface area contributed by atoms with Crippen LogP contribution in [0.4, 0.5) is 0 Å². The second-order valence-corrected chi connectivity index (χ2v) is 5.02. The molecule has 0 saturated heterocycles. The Labute approximate surface area is 114 Å². The van der Waals surface area contributed by atoms with E-state index in [9.17, 15) is 5.11 Å². The summed E-state index contributed by atoms with van der Waals surface area (Å²) in [7, 11) is 0. The third-order valence-electron chi connectivity index (χ3n) is 3.29. The molecular formula is C17H20O2. The highest BCUT2D eigenvalue weighted by molar-refractivity contribution is 5.34. The van der Waals surface area contributed by atoms with Gasteiger partial charge in [0.1, 0.15) is 11.5 Å². The van der Waals surface area contributed by atoms with E-state index in [1.165, 1.54) is 0 Å². The van der Waals surface area contributed by atoms with E-state index in [4.69, 9.17) is 4.74 Å². The second-order valence-electron chi connectivity index (χ2n) is 5.02. The van der Waals surface area contributed by atoms with Crippen LogP contribution in [-0.2, 0) is 0 Å². The van der Waals surface area contributed by atoms with Gasteiger partial charge in [-0.25, -0.2) is 0 Å². The van der Waals surface area contributed by atoms with Crippen molar-refractivity contribution in [2.45, 2.75) is 19.8 Å². The van der Waals surface area contributed by atoms with Crippen LogP contribution in [0, 0.1) is 5.92 Å². The molecule has 0 aromatic heterocycles. The average Bonchev–Trinajstić information content (AvgIpc) is 2.42. The van der Waals surface area contributed by atoms with Gasteiger partial charge < -0.3 is 9.84 Å². The first-order chi connectivity index (χ1) is 9.20. The van der Waals surface area contributed by atoms with Gasteiger partial charge in [-0.1, -0.05) is 44.2 Å². The number of hydrogen-bond donors (Lipinski definition) is 1.